The fourth-order valence-corrected chi connectivity index (χ4v) is 6.22. The molecule has 0 spiro atoms. The Kier molecular flexibility index (Phi) is 4.97. The molecule has 0 unspecified atom stereocenters. The van der Waals surface area contributed by atoms with Crippen LogP contribution in [0.25, 0.3) is 0 Å². The quantitative estimate of drug-likeness (QED) is 0.500. The number of esters is 1. The van der Waals surface area contributed by atoms with Crippen molar-refractivity contribution >= 4 is 45.1 Å². The summed E-state index contributed by atoms with van der Waals surface area (Å²) in [7, 11) is 1.58. The van der Waals surface area contributed by atoms with E-state index in [1.807, 2.05) is 0 Å². The third-order valence-electron chi connectivity index (χ3n) is 6.57. The monoisotopic (exact) mass is 484 g/mol. The Morgan fingerprint density at radius 3 is 2.58 bits per heavy atom. The van der Waals surface area contributed by atoms with Crippen molar-refractivity contribution in [1.82, 2.24) is 0 Å². The molecule has 2 amide bonds. The lowest BCUT2D eigenvalue weighted by atomic mass is 9.79. The van der Waals surface area contributed by atoms with E-state index in [0.717, 1.165) is 6.42 Å². The largest absolute Gasteiger partial charge is 0.497 e. The second-order valence-corrected chi connectivity index (χ2v) is 9.27. The van der Waals surface area contributed by atoms with Crippen LogP contribution in [-0.4, -0.2) is 35.8 Å². The molecule has 31 heavy (non-hydrogen) atoms. The minimum absolute atomic E-state index is 0.0116. The van der Waals surface area contributed by atoms with Gasteiger partial charge in [0.25, 0.3) is 5.91 Å². The highest BCUT2D eigenvalue weighted by molar-refractivity contribution is 9.09. The van der Waals surface area contributed by atoms with Crippen molar-refractivity contribution in [2.45, 2.75) is 17.4 Å². The van der Waals surface area contributed by atoms with E-state index in [0.29, 0.717) is 22.7 Å². The van der Waals surface area contributed by atoms with E-state index in [1.165, 1.54) is 0 Å². The molecule has 8 heteroatoms. The zero-order valence-corrected chi connectivity index (χ0v) is 18.3. The maximum atomic E-state index is 13.1. The predicted molar refractivity (Wildman–Crippen MR) is 117 cm³/mol. The molecule has 2 N–H and O–H groups in total. The Morgan fingerprint density at radius 2 is 1.84 bits per heavy atom. The Morgan fingerprint density at radius 1 is 1.06 bits per heavy atom. The van der Waals surface area contributed by atoms with E-state index >= 15 is 0 Å². The smallest absolute Gasteiger partial charge is 0.310 e. The van der Waals surface area contributed by atoms with Crippen LogP contribution in [0.5, 0.6) is 5.75 Å². The highest BCUT2D eigenvalue weighted by atomic mass is 79.9. The first kappa shape index (κ1) is 20.1. The zero-order valence-electron chi connectivity index (χ0n) is 16.7. The Balaban J connectivity index is 1.28. The number of benzene rings is 2. The van der Waals surface area contributed by atoms with Gasteiger partial charge < -0.3 is 20.1 Å². The number of rotatable bonds is 5. The number of carbonyl (C=O) groups excluding carboxylic acids is 3. The molecule has 160 valence electrons. The first-order valence-corrected chi connectivity index (χ1v) is 11.1. The van der Waals surface area contributed by atoms with Crippen LogP contribution in [0.15, 0.2) is 48.5 Å². The fourth-order valence-electron chi connectivity index (χ4n) is 5.17. The summed E-state index contributed by atoms with van der Waals surface area (Å²) < 4.78 is 10.6. The minimum atomic E-state index is -0.419. The first-order chi connectivity index (χ1) is 15.0. The van der Waals surface area contributed by atoms with Gasteiger partial charge in [-0.3, -0.25) is 14.4 Å². The average Bonchev–Trinajstić information content (AvgIpc) is 3.39. The highest BCUT2D eigenvalue weighted by Gasteiger charge is 2.67. The number of nitrogens with one attached hydrogen (secondary N) is 2. The highest BCUT2D eigenvalue weighted by Crippen LogP contribution is 2.60. The normalized spacial score (nSPS) is 30.1. The fraction of sp³-hybridized carbons (Fsp3) is 0.348. The van der Waals surface area contributed by atoms with Crippen molar-refractivity contribution < 1.29 is 23.9 Å². The van der Waals surface area contributed by atoms with Gasteiger partial charge in [0.2, 0.25) is 5.91 Å². The van der Waals surface area contributed by atoms with Crippen molar-refractivity contribution in [2.75, 3.05) is 17.7 Å². The molecule has 0 radical (unpaired) electrons. The molecule has 2 saturated carbocycles. The summed E-state index contributed by atoms with van der Waals surface area (Å²) in [5, 5.41) is 5.73. The maximum absolute atomic E-state index is 13.1. The number of carbonyl (C=O) groups is 3. The standard InChI is InChI=1S/C23H21BrN2O5/c1-30-14-7-5-12(6-8-14)25-21(27)11-3-2-4-13(9-11)26-22(28)17-15-10-16-18(17)23(29)31-20(16)19(15)24/h2-9,15-20H,10H2,1H3,(H,25,27)(H,26,28)/t15-,16-,17-,18+,19+,20+/m1/s1. The van der Waals surface area contributed by atoms with Gasteiger partial charge in [-0.1, -0.05) is 22.0 Å². The molecule has 2 aliphatic carbocycles. The SMILES string of the molecule is COc1ccc(NC(=O)c2cccc(NC(=O)[C@@H]3[C@H]4C[C@H]5[C@H](OC(=O)[C@@H]53)[C@H]4Br)c2)cc1. The number of hydrogen-bond acceptors (Lipinski definition) is 5. The third-order valence-corrected chi connectivity index (χ3v) is 7.77. The summed E-state index contributed by atoms with van der Waals surface area (Å²) in [6.07, 6.45) is 0.705. The van der Waals surface area contributed by atoms with Crippen LogP contribution in [0.1, 0.15) is 16.8 Å². The molecule has 2 aromatic rings. The molecule has 1 aliphatic heterocycles. The van der Waals surface area contributed by atoms with E-state index in [-0.39, 0.29) is 46.5 Å². The summed E-state index contributed by atoms with van der Waals surface area (Å²) in [5.74, 6) is -0.662. The van der Waals surface area contributed by atoms with Gasteiger partial charge in [0, 0.05) is 22.9 Å². The van der Waals surface area contributed by atoms with Crippen LogP contribution >= 0.6 is 15.9 Å². The van der Waals surface area contributed by atoms with Gasteiger partial charge in [-0.25, -0.2) is 0 Å². The molecule has 2 bridgehead atoms. The summed E-state index contributed by atoms with van der Waals surface area (Å²) in [6.45, 7) is 0. The van der Waals surface area contributed by atoms with Gasteiger partial charge in [-0.05, 0) is 54.8 Å². The number of halogens is 1. The molecule has 6 atom stereocenters. The first-order valence-electron chi connectivity index (χ1n) is 10.2. The van der Waals surface area contributed by atoms with E-state index in [4.69, 9.17) is 9.47 Å². The van der Waals surface area contributed by atoms with Crippen LogP contribution in [0.2, 0.25) is 0 Å². The van der Waals surface area contributed by atoms with E-state index in [9.17, 15) is 14.4 Å². The molecular formula is C23H21BrN2O5. The second kappa shape index (κ2) is 7.67. The lowest BCUT2D eigenvalue weighted by molar-refractivity contribution is -0.145. The minimum Gasteiger partial charge on any atom is -0.497 e. The number of fused-ring (bicyclic) bond motifs is 1. The molecular weight excluding hydrogens is 464 g/mol. The molecule has 2 aromatic carbocycles. The average molecular weight is 485 g/mol. The summed E-state index contributed by atoms with van der Waals surface area (Å²) >= 11 is 3.62. The number of amides is 2. The molecule has 5 rings (SSSR count). The third kappa shape index (κ3) is 3.39. The Hall–Kier alpha value is -2.87. The molecule has 3 aliphatic rings. The van der Waals surface area contributed by atoms with Gasteiger partial charge >= 0.3 is 5.97 Å². The van der Waals surface area contributed by atoms with Crippen molar-refractivity contribution in [3.63, 3.8) is 0 Å². The topological polar surface area (TPSA) is 93.7 Å². The van der Waals surface area contributed by atoms with Crippen LogP contribution in [-0.2, 0) is 14.3 Å². The molecule has 3 fully saturated rings. The van der Waals surface area contributed by atoms with Gasteiger partial charge in [-0.15, -0.1) is 0 Å². The van der Waals surface area contributed by atoms with Crippen LogP contribution in [0.4, 0.5) is 11.4 Å². The zero-order chi connectivity index (χ0) is 21.7. The number of methoxy groups -OCH3 is 1. The van der Waals surface area contributed by atoms with Gasteiger partial charge in [0.1, 0.15) is 11.9 Å². The van der Waals surface area contributed by atoms with Gasteiger partial charge in [0.15, 0.2) is 0 Å². The Labute approximate surface area is 187 Å². The molecule has 1 heterocycles. The lowest BCUT2D eigenvalue weighted by Gasteiger charge is -2.27. The van der Waals surface area contributed by atoms with E-state index in [1.54, 1.807) is 55.6 Å². The van der Waals surface area contributed by atoms with Gasteiger partial charge in [0.05, 0.1) is 23.8 Å². The molecule has 1 saturated heterocycles. The van der Waals surface area contributed by atoms with Crippen molar-refractivity contribution in [3.05, 3.63) is 54.1 Å². The maximum Gasteiger partial charge on any atom is 0.310 e. The Bertz CT molecular complexity index is 1060. The van der Waals surface area contributed by atoms with Crippen LogP contribution < -0.4 is 15.4 Å². The second-order valence-electron chi connectivity index (χ2n) is 8.21. The number of alkyl halides is 1. The summed E-state index contributed by atoms with van der Waals surface area (Å²) in [5.41, 5.74) is 1.57. The van der Waals surface area contributed by atoms with E-state index in [2.05, 4.69) is 26.6 Å². The predicted octanol–water partition coefficient (Wildman–Crippen LogP) is 3.46. The van der Waals surface area contributed by atoms with Gasteiger partial charge in [-0.2, -0.15) is 0 Å². The van der Waals surface area contributed by atoms with Crippen molar-refractivity contribution in [1.29, 1.82) is 0 Å². The molecule has 7 nitrogen and oxygen atoms in total. The lowest BCUT2D eigenvalue weighted by Crippen LogP contribution is -2.40. The van der Waals surface area contributed by atoms with Crippen LogP contribution in [0.3, 0.4) is 0 Å². The summed E-state index contributed by atoms with van der Waals surface area (Å²) in [6, 6.07) is 13.8. The summed E-state index contributed by atoms with van der Waals surface area (Å²) in [4.78, 5) is 38.0. The number of hydrogen-bond donors (Lipinski definition) is 2. The van der Waals surface area contributed by atoms with E-state index < -0.39 is 5.92 Å². The van der Waals surface area contributed by atoms with Crippen molar-refractivity contribution in [3.8, 4) is 5.75 Å². The van der Waals surface area contributed by atoms with Crippen molar-refractivity contribution in [2.24, 2.45) is 23.7 Å². The van der Waals surface area contributed by atoms with Crippen LogP contribution in [0, 0.1) is 23.7 Å². The number of anilines is 2. The number of ether oxygens (including phenoxy) is 2. The molecule has 0 aromatic heterocycles.